The first-order valence-electron chi connectivity index (χ1n) is 13.2. The number of hydrogen-bond donors (Lipinski definition) is 2. The van der Waals surface area contributed by atoms with Crippen molar-refractivity contribution in [1.29, 1.82) is 0 Å². The van der Waals surface area contributed by atoms with E-state index < -0.39 is 42.5 Å². The van der Waals surface area contributed by atoms with E-state index >= 15 is 0 Å². The fraction of sp³-hybridized carbons (Fsp3) is 0.731. The van der Waals surface area contributed by atoms with Crippen LogP contribution in [0.3, 0.4) is 0 Å². The first-order valence-corrected chi connectivity index (χ1v) is 18.0. The van der Waals surface area contributed by atoms with Gasteiger partial charge in [-0.15, -0.1) is 4.72 Å². The summed E-state index contributed by atoms with van der Waals surface area (Å²) in [4.78, 5) is 4.77. The number of nitrogens with one attached hydrogen (secondary N) is 1. The van der Waals surface area contributed by atoms with Crippen molar-refractivity contribution in [2.75, 3.05) is 13.2 Å². The predicted octanol–water partition coefficient (Wildman–Crippen LogP) is 5.82. The molecule has 1 saturated carbocycles. The number of imidazole rings is 1. The molecule has 1 fully saturated rings. The van der Waals surface area contributed by atoms with Crippen molar-refractivity contribution in [3.63, 3.8) is 0 Å². The van der Waals surface area contributed by atoms with Gasteiger partial charge >= 0.3 is 6.18 Å². The molecule has 12 heteroatoms. The van der Waals surface area contributed by atoms with Crippen LogP contribution in [-0.2, 0) is 27.6 Å². The maximum absolute atomic E-state index is 13.2. The number of halogens is 3. The highest BCUT2D eigenvalue weighted by Crippen LogP contribution is 2.40. The molecular formula is C26H43F3N4O3SSi. The van der Waals surface area contributed by atoms with Gasteiger partial charge < -0.3 is 24.3 Å². The van der Waals surface area contributed by atoms with Crippen LogP contribution in [0.5, 0.6) is 0 Å². The van der Waals surface area contributed by atoms with Crippen molar-refractivity contribution >= 4 is 30.5 Å². The molecule has 0 saturated heterocycles. The molecule has 2 unspecified atom stereocenters. The molecule has 3 N–H and O–H groups in total. The average molecular weight is 577 g/mol. The van der Waals surface area contributed by atoms with Crippen LogP contribution in [-0.4, -0.2) is 52.4 Å². The lowest BCUT2D eigenvalue weighted by atomic mass is 10.0. The Hall–Kier alpha value is -1.15. The standard InChI is InChI=1S/C26H43F3N4O3SSi/c1-17(26(27,28)29)36-15-21(32-37(34)25(2,3)4)24-31-20-11-10-19(23(30)18-8-9-18)14-22(20)33(24)16-35-12-13-38(5,6)7/h10-11,14,17-18,21,23,32H,8-9,12-13,15-16,30H2,1-7H3/t17?,21-,23+,37?/m0/s1. The minimum atomic E-state index is -4.51. The molecule has 0 radical (unpaired) electrons. The normalized spacial score (nSPS) is 18.5. The number of aromatic nitrogens is 2. The Labute approximate surface area is 228 Å². The molecule has 0 aliphatic heterocycles. The average Bonchev–Trinajstić information content (AvgIpc) is 3.58. The van der Waals surface area contributed by atoms with Gasteiger partial charge in [0.25, 0.3) is 0 Å². The zero-order valence-electron chi connectivity index (χ0n) is 23.5. The van der Waals surface area contributed by atoms with Gasteiger partial charge in [-0.2, -0.15) is 13.2 Å². The number of hydrogen-bond acceptors (Lipinski definition) is 6. The zero-order chi connectivity index (χ0) is 28.5. The van der Waals surface area contributed by atoms with Crippen molar-refractivity contribution in [3.05, 3.63) is 29.6 Å². The summed E-state index contributed by atoms with van der Waals surface area (Å²) in [5.74, 6) is 0.870. The van der Waals surface area contributed by atoms with Gasteiger partial charge in [0.05, 0.1) is 17.6 Å². The molecule has 4 atom stereocenters. The van der Waals surface area contributed by atoms with Crippen molar-refractivity contribution in [2.45, 2.75) is 102 Å². The van der Waals surface area contributed by atoms with Crippen LogP contribution in [0.25, 0.3) is 11.0 Å². The Morgan fingerprint density at radius 3 is 2.45 bits per heavy atom. The van der Waals surface area contributed by atoms with Crippen LogP contribution in [0.2, 0.25) is 25.7 Å². The number of nitrogens with zero attached hydrogens (tertiary/aromatic N) is 2. The van der Waals surface area contributed by atoms with Crippen molar-refractivity contribution in [3.8, 4) is 0 Å². The van der Waals surface area contributed by atoms with Gasteiger partial charge in [-0.25, -0.2) is 4.98 Å². The summed E-state index contributed by atoms with van der Waals surface area (Å²) in [6.45, 7) is 13.5. The van der Waals surface area contributed by atoms with Crippen LogP contribution >= 0.6 is 0 Å². The Bertz CT molecular complexity index is 1070. The molecule has 1 aliphatic rings. The van der Waals surface area contributed by atoms with Gasteiger partial charge in [-0.3, -0.25) is 0 Å². The maximum Gasteiger partial charge on any atom is 0.414 e. The fourth-order valence-electron chi connectivity index (χ4n) is 3.83. The molecule has 216 valence electrons. The minimum Gasteiger partial charge on any atom is -0.598 e. The molecule has 1 aliphatic carbocycles. The first kappa shape index (κ1) is 31.4. The van der Waals surface area contributed by atoms with Crippen LogP contribution in [0.1, 0.15) is 64.0 Å². The number of nitrogens with two attached hydrogens (primary N) is 1. The highest BCUT2D eigenvalue weighted by Gasteiger charge is 2.39. The van der Waals surface area contributed by atoms with E-state index in [1.54, 1.807) is 20.8 Å². The zero-order valence-corrected chi connectivity index (χ0v) is 25.3. The van der Waals surface area contributed by atoms with Gasteiger partial charge in [0.1, 0.15) is 23.3 Å². The summed E-state index contributed by atoms with van der Waals surface area (Å²) in [6, 6.07) is 5.84. The second-order valence-corrected chi connectivity index (χ2v) is 20.0. The topological polar surface area (TPSA) is 97.4 Å². The van der Waals surface area contributed by atoms with Gasteiger partial charge in [-0.1, -0.05) is 25.7 Å². The summed E-state index contributed by atoms with van der Waals surface area (Å²) in [6.07, 6.45) is -4.29. The second-order valence-electron chi connectivity index (χ2n) is 12.4. The lowest BCUT2D eigenvalue weighted by Crippen LogP contribution is -2.44. The molecule has 0 amide bonds. The molecule has 0 bridgehead atoms. The van der Waals surface area contributed by atoms with E-state index in [1.165, 1.54) is 0 Å². The largest absolute Gasteiger partial charge is 0.598 e. The van der Waals surface area contributed by atoms with Gasteiger partial charge in [0.15, 0.2) is 6.10 Å². The Morgan fingerprint density at radius 2 is 1.89 bits per heavy atom. The summed E-state index contributed by atoms with van der Waals surface area (Å²) < 4.78 is 68.2. The number of alkyl halides is 3. The summed E-state index contributed by atoms with van der Waals surface area (Å²) in [7, 11) is -1.33. The smallest absolute Gasteiger partial charge is 0.414 e. The molecule has 1 heterocycles. The quantitative estimate of drug-likeness (QED) is 0.177. The van der Waals surface area contributed by atoms with Crippen molar-refractivity contribution in [1.82, 2.24) is 14.3 Å². The third kappa shape index (κ3) is 8.67. The van der Waals surface area contributed by atoms with Crippen LogP contribution in [0.4, 0.5) is 13.2 Å². The molecule has 1 aromatic heterocycles. The first-order chi connectivity index (χ1) is 17.5. The Kier molecular flexibility index (Phi) is 10.0. The van der Waals surface area contributed by atoms with Crippen LogP contribution in [0, 0.1) is 5.92 Å². The van der Waals surface area contributed by atoms with E-state index in [9.17, 15) is 17.7 Å². The van der Waals surface area contributed by atoms with Gasteiger partial charge in [-0.05, 0) is 70.2 Å². The van der Waals surface area contributed by atoms with Gasteiger partial charge in [0, 0.05) is 32.1 Å². The van der Waals surface area contributed by atoms with Crippen LogP contribution in [0.15, 0.2) is 18.2 Å². The lowest BCUT2D eigenvalue weighted by molar-refractivity contribution is -0.215. The highest BCUT2D eigenvalue weighted by molar-refractivity contribution is 7.90. The molecule has 2 aromatic rings. The minimum absolute atomic E-state index is 0.0858. The Balaban J connectivity index is 1.99. The number of ether oxygens (including phenoxy) is 2. The monoisotopic (exact) mass is 576 g/mol. The van der Waals surface area contributed by atoms with E-state index in [2.05, 4.69) is 24.4 Å². The van der Waals surface area contributed by atoms with Crippen molar-refractivity contribution < 1.29 is 27.2 Å². The SMILES string of the molecule is CC(OC[C@H](N[S+]([O-])C(C)(C)C)c1nc2ccc([C@H](N)C3CC3)cc2n1COCC[Si](C)(C)C)C(F)(F)F. The molecule has 1 aromatic carbocycles. The Morgan fingerprint density at radius 1 is 1.24 bits per heavy atom. The van der Waals surface area contributed by atoms with E-state index in [0.717, 1.165) is 36.9 Å². The van der Waals surface area contributed by atoms with E-state index in [-0.39, 0.29) is 19.4 Å². The van der Waals surface area contributed by atoms with Crippen LogP contribution < -0.4 is 10.5 Å². The summed E-state index contributed by atoms with van der Waals surface area (Å²) in [5, 5.41) is 0. The summed E-state index contributed by atoms with van der Waals surface area (Å²) in [5.41, 5.74) is 8.90. The third-order valence-electron chi connectivity index (χ3n) is 6.62. The molecule has 7 nitrogen and oxygen atoms in total. The number of benzene rings is 1. The number of fused-ring (bicyclic) bond motifs is 1. The van der Waals surface area contributed by atoms with E-state index in [4.69, 9.17) is 20.2 Å². The second kappa shape index (κ2) is 12.2. The third-order valence-corrected chi connectivity index (χ3v) is 9.94. The van der Waals surface area contributed by atoms with Gasteiger partial charge in [0.2, 0.25) is 0 Å². The lowest BCUT2D eigenvalue weighted by Gasteiger charge is -2.29. The highest BCUT2D eigenvalue weighted by atomic mass is 32.2. The molecule has 3 rings (SSSR count). The summed E-state index contributed by atoms with van der Waals surface area (Å²) >= 11 is -1.58. The van der Waals surface area contributed by atoms with E-state index in [1.807, 2.05) is 22.8 Å². The number of rotatable bonds is 13. The fourth-order valence-corrected chi connectivity index (χ4v) is 5.37. The maximum atomic E-state index is 13.2. The molecular weight excluding hydrogens is 533 g/mol. The van der Waals surface area contributed by atoms with Crippen molar-refractivity contribution in [2.24, 2.45) is 11.7 Å². The molecule has 0 spiro atoms. The molecule has 38 heavy (non-hydrogen) atoms. The predicted molar refractivity (Wildman–Crippen MR) is 149 cm³/mol. The van der Waals surface area contributed by atoms with E-state index in [0.29, 0.717) is 23.9 Å².